The van der Waals surface area contributed by atoms with Crippen LogP contribution in [-0.4, -0.2) is 18.5 Å². The summed E-state index contributed by atoms with van der Waals surface area (Å²) >= 11 is 11.7. The van der Waals surface area contributed by atoms with Crippen molar-refractivity contribution < 1.29 is 0 Å². The van der Waals surface area contributed by atoms with Gasteiger partial charge in [0.15, 0.2) is 0 Å². The zero-order valence-corrected chi connectivity index (χ0v) is 11.0. The smallest absolute Gasteiger partial charge is 0.0465 e. The van der Waals surface area contributed by atoms with Crippen LogP contribution in [0.4, 0.5) is 0 Å². The molecule has 0 aromatic carbocycles. The molecule has 1 nitrogen and oxygen atoms in total. The van der Waals surface area contributed by atoms with Crippen molar-refractivity contribution >= 4 is 23.2 Å². The van der Waals surface area contributed by atoms with Crippen molar-refractivity contribution in [3.05, 3.63) is 11.1 Å². The fraction of sp³-hybridized carbons (Fsp3) is 0.818. The minimum absolute atomic E-state index is 0.193. The van der Waals surface area contributed by atoms with E-state index in [0.29, 0.717) is 5.41 Å². The van der Waals surface area contributed by atoms with E-state index >= 15 is 0 Å². The number of nitrogens with one attached hydrogen (secondary N) is 1. The molecule has 0 aromatic heterocycles. The zero-order chi connectivity index (χ0) is 11.2. The van der Waals surface area contributed by atoms with Gasteiger partial charge >= 0.3 is 0 Å². The Morgan fingerprint density at radius 2 is 2.00 bits per heavy atom. The van der Waals surface area contributed by atoms with Crippen molar-refractivity contribution in [1.82, 2.24) is 5.32 Å². The highest BCUT2D eigenvalue weighted by Crippen LogP contribution is 2.23. The highest BCUT2D eigenvalue weighted by Gasteiger charge is 2.16. The Morgan fingerprint density at radius 1 is 1.43 bits per heavy atom. The molecule has 0 saturated carbocycles. The standard InChI is InChI=1S/C11H21Cl2N/c1-9(6-12)7-14-8-10(13)5-11(2,3)4/h6,10,14H,5,7-8H2,1-4H3. The SMILES string of the molecule is CC(=CCl)CNCC(Cl)CC(C)(C)C. The first-order valence-corrected chi connectivity index (χ1v) is 5.83. The van der Waals surface area contributed by atoms with Gasteiger partial charge in [0.2, 0.25) is 0 Å². The molecule has 0 fully saturated rings. The van der Waals surface area contributed by atoms with E-state index in [0.717, 1.165) is 25.1 Å². The third-order valence-electron chi connectivity index (χ3n) is 1.79. The minimum Gasteiger partial charge on any atom is -0.312 e. The number of hydrogen-bond acceptors (Lipinski definition) is 1. The first-order valence-electron chi connectivity index (χ1n) is 4.96. The Labute approximate surface area is 97.9 Å². The van der Waals surface area contributed by atoms with Crippen LogP contribution in [0.3, 0.4) is 0 Å². The summed E-state index contributed by atoms with van der Waals surface area (Å²) in [5.41, 5.74) is 3.03. The highest BCUT2D eigenvalue weighted by molar-refractivity contribution is 6.25. The minimum atomic E-state index is 0.193. The molecule has 0 heterocycles. The van der Waals surface area contributed by atoms with Crippen molar-refractivity contribution in [3.63, 3.8) is 0 Å². The summed E-state index contributed by atoms with van der Waals surface area (Å²) in [6, 6.07) is 0. The Bertz CT molecular complexity index is 182. The number of alkyl halides is 1. The Kier molecular flexibility index (Phi) is 6.84. The van der Waals surface area contributed by atoms with Gasteiger partial charge in [-0.1, -0.05) is 32.4 Å². The van der Waals surface area contributed by atoms with E-state index in [1.54, 1.807) is 5.54 Å². The molecule has 0 aliphatic carbocycles. The fourth-order valence-electron chi connectivity index (χ4n) is 1.20. The second-order valence-corrected chi connectivity index (χ2v) is 5.78. The van der Waals surface area contributed by atoms with Crippen LogP contribution in [0.5, 0.6) is 0 Å². The average molecular weight is 238 g/mol. The van der Waals surface area contributed by atoms with Gasteiger partial charge in [-0.05, 0) is 24.3 Å². The second-order valence-electron chi connectivity index (χ2n) is 4.95. The predicted molar refractivity (Wildman–Crippen MR) is 66.2 cm³/mol. The maximum Gasteiger partial charge on any atom is 0.0465 e. The molecule has 0 saturated heterocycles. The summed E-state index contributed by atoms with van der Waals surface area (Å²) in [6.45, 7) is 10.2. The third kappa shape index (κ3) is 8.86. The third-order valence-corrected chi connectivity index (χ3v) is 2.47. The first kappa shape index (κ1) is 14.3. The van der Waals surface area contributed by atoms with Gasteiger partial charge in [0, 0.05) is 24.0 Å². The zero-order valence-electron chi connectivity index (χ0n) is 9.53. The van der Waals surface area contributed by atoms with E-state index in [4.69, 9.17) is 23.2 Å². The quantitative estimate of drug-likeness (QED) is 0.719. The van der Waals surface area contributed by atoms with E-state index in [1.807, 2.05) is 6.92 Å². The molecule has 0 aliphatic heterocycles. The van der Waals surface area contributed by atoms with Crippen LogP contribution >= 0.6 is 23.2 Å². The van der Waals surface area contributed by atoms with E-state index in [1.165, 1.54) is 0 Å². The van der Waals surface area contributed by atoms with Crippen LogP contribution in [0.25, 0.3) is 0 Å². The van der Waals surface area contributed by atoms with E-state index in [9.17, 15) is 0 Å². The molecule has 1 atom stereocenters. The van der Waals surface area contributed by atoms with Crippen molar-refractivity contribution in [2.75, 3.05) is 13.1 Å². The number of rotatable bonds is 5. The van der Waals surface area contributed by atoms with Gasteiger partial charge in [-0.3, -0.25) is 0 Å². The summed E-state index contributed by atoms with van der Waals surface area (Å²) in [5.74, 6) is 0. The first-order chi connectivity index (χ1) is 6.35. The summed E-state index contributed by atoms with van der Waals surface area (Å²) in [5, 5.41) is 3.47. The molecule has 0 rings (SSSR count). The van der Waals surface area contributed by atoms with Crippen LogP contribution in [-0.2, 0) is 0 Å². The van der Waals surface area contributed by atoms with Gasteiger partial charge in [-0.15, -0.1) is 11.6 Å². The number of hydrogen-bond donors (Lipinski definition) is 1. The predicted octanol–water partition coefficient (Wildman–Crippen LogP) is 3.76. The lowest BCUT2D eigenvalue weighted by Crippen LogP contribution is -2.27. The lowest BCUT2D eigenvalue weighted by molar-refractivity contribution is 0.366. The molecule has 3 heteroatoms. The average Bonchev–Trinajstić information content (AvgIpc) is 2.00. The van der Waals surface area contributed by atoms with Crippen LogP contribution in [0.1, 0.15) is 34.1 Å². The Morgan fingerprint density at radius 3 is 2.43 bits per heavy atom. The van der Waals surface area contributed by atoms with Gasteiger partial charge < -0.3 is 5.32 Å². The van der Waals surface area contributed by atoms with E-state index in [-0.39, 0.29) is 5.38 Å². The second kappa shape index (κ2) is 6.71. The van der Waals surface area contributed by atoms with Crippen LogP contribution < -0.4 is 5.32 Å². The van der Waals surface area contributed by atoms with Gasteiger partial charge in [-0.2, -0.15) is 0 Å². The molecule has 0 aliphatic rings. The molecule has 84 valence electrons. The summed E-state index contributed by atoms with van der Waals surface area (Å²) in [7, 11) is 0. The maximum atomic E-state index is 6.18. The molecule has 0 aromatic rings. The van der Waals surface area contributed by atoms with E-state index < -0.39 is 0 Å². The molecule has 14 heavy (non-hydrogen) atoms. The van der Waals surface area contributed by atoms with Gasteiger partial charge in [0.25, 0.3) is 0 Å². The molecule has 0 radical (unpaired) electrons. The van der Waals surface area contributed by atoms with Gasteiger partial charge in [-0.25, -0.2) is 0 Å². The van der Waals surface area contributed by atoms with Crippen molar-refractivity contribution in [2.45, 2.75) is 39.5 Å². The fourth-order valence-corrected chi connectivity index (χ4v) is 1.85. The molecule has 1 unspecified atom stereocenters. The maximum absolute atomic E-state index is 6.18. The topological polar surface area (TPSA) is 12.0 Å². The lowest BCUT2D eigenvalue weighted by atomic mass is 9.90. The van der Waals surface area contributed by atoms with Gasteiger partial charge in [0.1, 0.15) is 0 Å². The van der Waals surface area contributed by atoms with Crippen LogP contribution in [0.15, 0.2) is 11.1 Å². The summed E-state index contributed by atoms with van der Waals surface area (Å²) < 4.78 is 0. The van der Waals surface area contributed by atoms with Crippen molar-refractivity contribution in [3.8, 4) is 0 Å². The summed E-state index contributed by atoms with van der Waals surface area (Å²) in [6.07, 6.45) is 1.02. The largest absolute Gasteiger partial charge is 0.312 e. The molecular weight excluding hydrogens is 217 g/mol. The summed E-state index contributed by atoms with van der Waals surface area (Å²) in [4.78, 5) is 0. The van der Waals surface area contributed by atoms with Gasteiger partial charge in [0.05, 0.1) is 0 Å². The van der Waals surface area contributed by atoms with Crippen LogP contribution in [0.2, 0.25) is 0 Å². The molecular formula is C11H21Cl2N. The van der Waals surface area contributed by atoms with Crippen molar-refractivity contribution in [1.29, 1.82) is 0 Å². The highest BCUT2D eigenvalue weighted by atomic mass is 35.5. The van der Waals surface area contributed by atoms with Crippen molar-refractivity contribution in [2.24, 2.45) is 5.41 Å². The monoisotopic (exact) mass is 237 g/mol. The lowest BCUT2D eigenvalue weighted by Gasteiger charge is -2.22. The Hall–Kier alpha value is 0.280. The normalized spacial score (nSPS) is 15.7. The molecule has 0 bridgehead atoms. The van der Waals surface area contributed by atoms with E-state index in [2.05, 4.69) is 26.1 Å². The molecule has 1 N–H and O–H groups in total. The Balaban J connectivity index is 3.60. The van der Waals surface area contributed by atoms with Crippen LogP contribution in [0, 0.1) is 5.41 Å². The molecule has 0 spiro atoms. The molecule has 0 amide bonds. The number of halogens is 2.